The maximum absolute atomic E-state index is 12.7. The van der Waals surface area contributed by atoms with Crippen LogP contribution in [0.15, 0.2) is 24.3 Å². The average Bonchev–Trinajstić information content (AvgIpc) is 3.10. The molecule has 1 aromatic carbocycles. The maximum Gasteiger partial charge on any atom is 0.239 e. The molecule has 0 radical (unpaired) electrons. The number of carbonyl (C=O) groups is 2. The van der Waals surface area contributed by atoms with Gasteiger partial charge < -0.3 is 26.2 Å². The maximum atomic E-state index is 12.7. The zero-order chi connectivity index (χ0) is 17.8. The van der Waals surface area contributed by atoms with Crippen molar-refractivity contribution in [1.82, 2.24) is 15.5 Å². The number of anilines is 1. The summed E-state index contributed by atoms with van der Waals surface area (Å²) in [6, 6.07) is 7.51. The number of nitrogens with one attached hydrogen (secondary N) is 2. The van der Waals surface area contributed by atoms with Crippen molar-refractivity contribution in [2.24, 2.45) is 5.73 Å². The van der Waals surface area contributed by atoms with Gasteiger partial charge in [0.25, 0.3) is 0 Å². The monoisotopic (exact) mass is 365 g/mol. The molecular weight excluding hydrogens is 342 g/mol. The summed E-state index contributed by atoms with van der Waals surface area (Å²) in [6.45, 7) is 3.56. The number of benzene rings is 1. The van der Waals surface area contributed by atoms with E-state index in [1.165, 1.54) is 0 Å². The normalized spacial score (nSPS) is 23.6. The Labute approximate surface area is 152 Å². The number of piperazine rings is 1. The van der Waals surface area contributed by atoms with Crippen LogP contribution < -0.4 is 21.3 Å². The predicted octanol–water partition coefficient (Wildman–Crippen LogP) is -0.206. The Bertz CT molecular complexity index is 616. The first-order valence-electron chi connectivity index (χ1n) is 8.59. The van der Waals surface area contributed by atoms with E-state index in [1.807, 2.05) is 29.2 Å². The van der Waals surface area contributed by atoms with Gasteiger partial charge in [0.1, 0.15) is 0 Å². The van der Waals surface area contributed by atoms with Gasteiger partial charge in [-0.2, -0.15) is 0 Å². The summed E-state index contributed by atoms with van der Waals surface area (Å²) in [7, 11) is 0. The van der Waals surface area contributed by atoms with Gasteiger partial charge in [-0.05, 0) is 30.7 Å². The van der Waals surface area contributed by atoms with Crippen LogP contribution in [0.4, 0.5) is 5.69 Å². The molecular formula is C17H24ClN5O2. The van der Waals surface area contributed by atoms with Gasteiger partial charge >= 0.3 is 0 Å². The largest absolute Gasteiger partial charge is 0.368 e. The third kappa shape index (κ3) is 4.42. The molecule has 0 aromatic heterocycles. The molecule has 4 N–H and O–H groups in total. The van der Waals surface area contributed by atoms with Gasteiger partial charge in [0.05, 0.1) is 12.6 Å². The van der Waals surface area contributed by atoms with Gasteiger partial charge in [-0.25, -0.2) is 0 Å². The lowest BCUT2D eigenvalue weighted by molar-refractivity contribution is -0.133. The Kier molecular flexibility index (Phi) is 5.78. The second-order valence-corrected chi connectivity index (χ2v) is 6.89. The number of rotatable bonds is 4. The molecule has 1 aromatic rings. The average molecular weight is 366 g/mol. The van der Waals surface area contributed by atoms with Crippen molar-refractivity contribution < 1.29 is 9.59 Å². The van der Waals surface area contributed by atoms with Gasteiger partial charge in [0.15, 0.2) is 0 Å². The van der Waals surface area contributed by atoms with Crippen molar-refractivity contribution in [2.75, 3.05) is 44.2 Å². The Hall–Kier alpha value is -1.83. The van der Waals surface area contributed by atoms with Crippen molar-refractivity contribution in [3.8, 4) is 0 Å². The lowest BCUT2D eigenvalue weighted by Crippen LogP contribution is -2.53. The number of halogens is 1. The molecule has 0 unspecified atom stereocenters. The second kappa shape index (κ2) is 8.03. The fraction of sp³-hybridized carbons (Fsp3) is 0.529. The number of nitrogens with two attached hydrogens (primary N) is 1. The van der Waals surface area contributed by atoms with E-state index in [2.05, 4.69) is 15.5 Å². The van der Waals surface area contributed by atoms with Crippen LogP contribution in [0.5, 0.6) is 0 Å². The molecule has 0 spiro atoms. The van der Waals surface area contributed by atoms with Crippen molar-refractivity contribution in [3.63, 3.8) is 0 Å². The first-order valence-corrected chi connectivity index (χ1v) is 8.96. The Morgan fingerprint density at radius 3 is 2.52 bits per heavy atom. The molecule has 7 nitrogen and oxygen atoms in total. The molecule has 0 aliphatic carbocycles. The van der Waals surface area contributed by atoms with Gasteiger partial charge in [-0.15, -0.1) is 0 Å². The number of amides is 2. The summed E-state index contributed by atoms with van der Waals surface area (Å²) in [4.78, 5) is 28.2. The summed E-state index contributed by atoms with van der Waals surface area (Å²) >= 11 is 5.93. The molecule has 2 saturated heterocycles. The lowest BCUT2D eigenvalue weighted by atomic mass is 10.1. The van der Waals surface area contributed by atoms with E-state index in [-0.39, 0.29) is 30.4 Å². The van der Waals surface area contributed by atoms with Crippen molar-refractivity contribution in [2.45, 2.75) is 18.5 Å². The Morgan fingerprint density at radius 2 is 1.88 bits per heavy atom. The van der Waals surface area contributed by atoms with Crippen LogP contribution in [0, 0.1) is 0 Å². The summed E-state index contributed by atoms with van der Waals surface area (Å²) in [5.74, 6) is -0.0725. The highest BCUT2D eigenvalue weighted by Crippen LogP contribution is 2.20. The van der Waals surface area contributed by atoms with Crippen LogP contribution in [0.2, 0.25) is 5.02 Å². The minimum absolute atomic E-state index is 0.0260. The molecule has 2 aliphatic heterocycles. The van der Waals surface area contributed by atoms with Crippen LogP contribution in [0.1, 0.15) is 6.42 Å². The molecule has 3 rings (SSSR count). The highest BCUT2D eigenvalue weighted by atomic mass is 35.5. The molecule has 2 atom stereocenters. The van der Waals surface area contributed by atoms with Crippen LogP contribution in [-0.4, -0.2) is 68.1 Å². The van der Waals surface area contributed by atoms with E-state index in [9.17, 15) is 9.59 Å². The standard InChI is InChI=1S/C17H24ClN5O2/c18-12-1-3-14(4-2-12)22-5-7-23(8-6-22)17(25)15-9-13(11-20-15)21-16(24)10-19/h1-4,13,15,20H,5-11,19H2,(H,21,24)/t13-,15+/m1/s1. The summed E-state index contributed by atoms with van der Waals surface area (Å²) in [5, 5.41) is 6.76. The van der Waals surface area contributed by atoms with Crippen LogP contribution in [-0.2, 0) is 9.59 Å². The molecule has 2 fully saturated rings. The topological polar surface area (TPSA) is 90.7 Å². The summed E-state index contributed by atoms with van der Waals surface area (Å²) < 4.78 is 0. The number of carbonyl (C=O) groups excluding carboxylic acids is 2. The molecule has 0 bridgehead atoms. The lowest BCUT2D eigenvalue weighted by Gasteiger charge is -2.37. The van der Waals surface area contributed by atoms with E-state index in [4.69, 9.17) is 17.3 Å². The molecule has 2 amide bonds. The van der Waals surface area contributed by atoms with Gasteiger partial charge in [0, 0.05) is 49.5 Å². The van der Waals surface area contributed by atoms with E-state index in [1.54, 1.807) is 0 Å². The van der Waals surface area contributed by atoms with Gasteiger partial charge in [-0.1, -0.05) is 11.6 Å². The molecule has 2 heterocycles. The zero-order valence-corrected chi connectivity index (χ0v) is 14.8. The van der Waals surface area contributed by atoms with E-state index >= 15 is 0 Å². The fourth-order valence-corrected chi connectivity index (χ4v) is 3.50. The molecule has 2 aliphatic rings. The molecule has 8 heteroatoms. The number of hydrogen-bond donors (Lipinski definition) is 3. The van der Waals surface area contributed by atoms with Crippen LogP contribution >= 0.6 is 11.6 Å². The highest BCUT2D eigenvalue weighted by Gasteiger charge is 2.34. The zero-order valence-electron chi connectivity index (χ0n) is 14.1. The number of hydrogen-bond acceptors (Lipinski definition) is 5. The van der Waals surface area contributed by atoms with Gasteiger partial charge in [-0.3, -0.25) is 9.59 Å². The van der Waals surface area contributed by atoms with Crippen molar-refractivity contribution in [3.05, 3.63) is 29.3 Å². The second-order valence-electron chi connectivity index (χ2n) is 6.45. The molecule has 0 saturated carbocycles. The van der Waals surface area contributed by atoms with Crippen LogP contribution in [0.3, 0.4) is 0 Å². The third-order valence-electron chi connectivity index (χ3n) is 4.76. The Morgan fingerprint density at radius 1 is 1.20 bits per heavy atom. The summed E-state index contributed by atoms with van der Waals surface area (Å²) in [5.41, 5.74) is 6.44. The van der Waals surface area contributed by atoms with E-state index in [0.29, 0.717) is 26.1 Å². The van der Waals surface area contributed by atoms with Crippen LogP contribution in [0.25, 0.3) is 0 Å². The first-order chi connectivity index (χ1) is 12.1. The Balaban J connectivity index is 1.48. The SMILES string of the molecule is NCC(=O)N[C@H]1CN[C@H](C(=O)N2CCN(c3ccc(Cl)cc3)CC2)C1. The third-order valence-corrected chi connectivity index (χ3v) is 5.01. The van der Waals surface area contributed by atoms with Crippen molar-refractivity contribution in [1.29, 1.82) is 0 Å². The fourth-order valence-electron chi connectivity index (χ4n) is 3.38. The summed E-state index contributed by atoms with van der Waals surface area (Å²) in [6.07, 6.45) is 0.613. The molecule has 136 valence electrons. The molecule has 25 heavy (non-hydrogen) atoms. The van der Waals surface area contributed by atoms with Crippen molar-refractivity contribution >= 4 is 29.1 Å². The highest BCUT2D eigenvalue weighted by molar-refractivity contribution is 6.30. The van der Waals surface area contributed by atoms with Gasteiger partial charge in [0.2, 0.25) is 11.8 Å². The van der Waals surface area contributed by atoms with E-state index < -0.39 is 0 Å². The quantitative estimate of drug-likeness (QED) is 0.687. The van der Waals surface area contributed by atoms with E-state index in [0.717, 1.165) is 23.8 Å². The smallest absolute Gasteiger partial charge is 0.239 e. The predicted molar refractivity (Wildman–Crippen MR) is 97.6 cm³/mol. The minimum atomic E-state index is -0.231. The first kappa shape index (κ1) is 18.0. The number of nitrogens with zero attached hydrogens (tertiary/aromatic N) is 2. The minimum Gasteiger partial charge on any atom is -0.368 e.